The fraction of sp³-hybridized carbons (Fsp3) is 0.650. The first-order chi connectivity index (χ1) is 12.3. The summed E-state index contributed by atoms with van der Waals surface area (Å²) in [7, 11) is 1.33. The van der Waals surface area contributed by atoms with E-state index in [2.05, 4.69) is 0 Å². The predicted octanol–water partition coefficient (Wildman–Crippen LogP) is 3.23. The van der Waals surface area contributed by atoms with E-state index in [1.807, 2.05) is 72.7 Å². The molecule has 0 N–H and O–H groups in total. The van der Waals surface area contributed by atoms with Gasteiger partial charge < -0.3 is 23.7 Å². The number of carbonyl (C=O) groups excluding carboxylic acids is 1. The highest BCUT2D eigenvalue weighted by molar-refractivity contribution is 6.62. The molecule has 7 heteroatoms. The van der Waals surface area contributed by atoms with E-state index in [9.17, 15) is 4.79 Å². The van der Waals surface area contributed by atoms with Crippen molar-refractivity contribution in [2.24, 2.45) is 0 Å². The maximum absolute atomic E-state index is 11.9. The molecular weight excluding hydrogens is 345 g/mol. The van der Waals surface area contributed by atoms with Crippen LogP contribution in [0.4, 0.5) is 4.79 Å². The highest BCUT2D eigenvalue weighted by atomic mass is 16.7. The summed E-state index contributed by atoms with van der Waals surface area (Å²) < 4.78 is 22.9. The lowest BCUT2D eigenvalue weighted by atomic mass is 9.79. The summed E-state index contributed by atoms with van der Waals surface area (Å²) in [6.45, 7) is 14.5. The first-order valence-corrected chi connectivity index (χ1v) is 9.32. The third kappa shape index (κ3) is 5.17. The largest absolute Gasteiger partial charge is 0.494 e. The summed E-state index contributed by atoms with van der Waals surface area (Å²) in [5, 5.41) is 0. The Balaban J connectivity index is 1.81. The van der Waals surface area contributed by atoms with E-state index in [1.165, 1.54) is 0 Å². The number of amides is 1. The van der Waals surface area contributed by atoms with Crippen LogP contribution in [0.2, 0.25) is 0 Å². The molecule has 27 heavy (non-hydrogen) atoms. The van der Waals surface area contributed by atoms with Crippen LogP contribution >= 0.6 is 0 Å². The number of hydrogen-bond acceptors (Lipinski definition) is 5. The van der Waals surface area contributed by atoms with Crippen molar-refractivity contribution in [3.05, 3.63) is 24.3 Å². The van der Waals surface area contributed by atoms with Gasteiger partial charge in [0.15, 0.2) is 0 Å². The number of ether oxygens (including phenoxy) is 2. The Bertz CT molecular complexity index is 635. The molecule has 1 saturated heterocycles. The highest BCUT2D eigenvalue weighted by Crippen LogP contribution is 2.36. The average molecular weight is 377 g/mol. The summed E-state index contributed by atoms with van der Waals surface area (Å²) in [6.07, 6.45) is -0.359. The van der Waals surface area contributed by atoms with Gasteiger partial charge in [-0.2, -0.15) is 0 Å². The maximum atomic E-state index is 11.9. The van der Waals surface area contributed by atoms with Crippen LogP contribution < -0.4 is 10.2 Å². The van der Waals surface area contributed by atoms with Gasteiger partial charge in [0.2, 0.25) is 0 Å². The van der Waals surface area contributed by atoms with Gasteiger partial charge in [-0.3, -0.25) is 0 Å². The Morgan fingerprint density at radius 1 is 1.04 bits per heavy atom. The average Bonchev–Trinajstić information content (AvgIpc) is 2.78. The van der Waals surface area contributed by atoms with Crippen molar-refractivity contribution >= 4 is 18.7 Å². The second-order valence-corrected chi connectivity index (χ2v) is 8.85. The molecule has 1 amide bonds. The predicted molar refractivity (Wildman–Crippen MR) is 107 cm³/mol. The standard InChI is InChI=1S/C20H32BNO5/c1-18(2,3)22(8)17(23)25-14-13-24-16-11-9-15(10-12-16)21-26-19(4,5)20(6,7)27-21/h9-12H,13-14H2,1-8H3. The molecule has 0 spiro atoms. The quantitative estimate of drug-likeness (QED) is 0.583. The minimum atomic E-state index is -0.391. The third-order valence-electron chi connectivity index (χ3n) is 5.26. The summed E-state index contributed by atoms with van der Waals surface area (Å²) in [4.78, 5) is 13.5. The number of carbonyl (C=O) groups is 1. The molecule has 0 radical (unpaired) electrons. The fourth-order valence-electron chi connectivity index (χ4n) is 2.36. The molecule has 0 atom stereocenters. The molecule has 150 valence electrons. The number of nitrogens with zero attached hydrogens (tertiary/aromatic N) is 1. The SMILES string of the molecule is CN(C(=O)OCCOc1ccc(B2OC(C)(C)C(C)(C)O2)cc1)C(C)(C)C. The molecule has 1 aromatic rings. The molecule has 0 saturated carbocycles. The van der Waals surface area contributed by atoms with Crippen molar-refractivity contribution in [2.75, 3.05) is 20.3 Å². The molecule has 1 aromatic carbocycles. The van der Waals surface area contributed by atoms with E-state index in [4.69, 9.17) is 18.8 Å². The Labute approximate surface area is 163 Å². The van der Waals surface area contributed by atoms with Crippen LogP contribution in [0.1, 0.15) is 48.5 Å². The summed E-state index contributed by atoms with van der Waals surface area (Å²) in [6, 6.07) is 7.58. The molecule has 1 fully saturated rings. The minimum Gasteiger partial charge on any atom is -0.490 e. The van der Waals surface area contributed by atoms with Gasteiger partial charge in [0.1, 0.15) is 19.0 Å². The molecule has 0 aromatic heterocycles. The minimum absolute atomic E-state index is 0.193. The van der Waals surface area contributed by atoms with Gasteiger partial charge >= 0.3 is 13.2 Å². The van der Waals surface area contributed by atoms with Gasteiger partial charge in [0.25, 0.3) is 0 Å². The highest BCUT2D eigenvalue weighted by Gasteiger charge is 2.51. The van der Waals surface area contributed by atoms with E-state index in [0.29, 0.717) is 12.4 Å². The maximum Gasteiger partial charge on any atom is 0.494 e. The van der Waals surface area contributed by atoms with Crippen LogP contribution in [0.15, 0.2) is 24.3 Å². The Morgan fingerprint density at radius 2 is 1.56 bits per heavy atom. The van der Waals surface area contributed by atoms with Crippen LogP contribution in [-0.2, 0) is 14.0 Å². The lowest BCUT2D eigenvalue weighted by Crippen LogP contribution is -2.43. The molecule has 1 aliphatic heterocycles. The zero-order valence-electron chi connectivity index (χ0n) is 17.8. The zero-order valence-corrected chi connectivity index (χ0v) is 17.8. The van der Waals surface area contributed by atoms with Gasteiger partial charge in [-0.15, -0.1) is 0 Å². The third-order valence-corrected chi connectivity index (χ3v) is 5.26. The summed E-state index contributed by atoms with van der Waals surface area (Å²) in [5.74, 6) is 0.704. The van der Waals surface area contributed by atoms with Crippen LogP contribution in [0.3, 0.4) is 0 Å². The Kier molecular flexibility index (Phi) is 6.17. The van der Waals surface area contributed by atoms with Crippen molar-refractivity contribution in [1.29, 1.82) is 0 Å². The molecule has 2 rings (SSSR count). The Morgan fingerprint density at radius 3 is 2.04 bits per heavy atom. The van der Waals surface area contributed by atoms with Crippen LogP contribution in [0, 0.1) is 0 Å². The molecule has 1 aliphatic rings. The van der Waals surface area contributed by atoms with E-state index in [0.717, 1.165) is 5.46 Å². The number of hydrogen-bond donors (Lipinski definition) is 0. The van der Waals surface area contributed by atoms with Gasteiger partial charge in [-0.25, -0.2) is 4.79 Å². The molecule has 0 bridgehead atoms. The molecule has 6 nitrogen and oxygen atoms in total. The molecule has 1 heterocycles. The first kappa shape index (κ1) is 21.6. The van der Waals surface area contributed by atoms with Gasteiger partial charge in [-0.1, -0.05) is 12.1 Å². The van der Waals surface area contributed by atoms with Crippen molar-refractivity contribution in [3.63, 3.8) is 0 Å². The smallest absolute Gasteiger partial charge is 0.490 e. The summed E-state index contributed by atoms with van der Waals surface area (Å²) >= 11 is 0. The molecule has 0 unspecified atom stereocenters. The fourth-order valence-corrected chi connectivity index (χ4v) is 2.36. The number of benzene rings is 1. The molecule has 0 aliphatic carbocycles. The second kappa shape index (κ2) is 7.72. The van der Waals surface area contributed by atoms with E-state index in [-0.39, 0.29) is 29.4 Å². The second-order valence-electron chi connectivity index (χ2n) is 8.85. The van der Waals surface area contributed by atoms with Crippen LogP contribution in [0.5, 0.6) is 5.75 Å². The summed E-state index contributed by atoms with van der Waals surface area (Å²) in [5.41, 5.74) is -0.0611. The first-order valence-electron chi connectivity index (χ1n) is 9.32. The Hall–Kier alpha value is -1.73. The van der Waals surface area contributed by atoms with E-state index in [1.54, 1.807) is 11.9 Å². The zero-order chi connectivity index (χ0) is 20.5. The normalized spacial score (nSPS) is 18.3. The molecular formula is C20H32BNO5. The van der Waals surface area contributed by atoms with Crippen LogP contribution in [0.25, 0.3) is 0 Å². The van der Waals surface area contributed by atoms with Gasteiger partial charge in [0, 0.05) is 12.6 Å². The van der Waals surface area contributed by atoms with E-state index < -0.39 is 7.12 Å². The number of rotatable bonds is 5. The van der Waals surface area contributed by atoms with Crippen molar-refractivity contribution < 1.29 is 23.6 Å². The topological polar surface area (TPSA) is 57.2 Å². The van der Waals surface area contributed by atoms with Crippen molar-refractivity contribution in [1.82, 2.24) is 4.90 Å². The van der Waals surface area contributed by atoms with Crippen LogP contribution in [-0.4, -0.2) is 55.1 Å². The van der Waals surface area contributed by atoms with Crippen molar-refractivity contribution in [3.8, 4) is 5.75 Å². The van der Waals surface area contributed by atoms with E-state index >= 15 is 0 Å². The lowest BCUT2D eigenvalue weighted by molar-refractivity contribution is 0.00578. The van der Waals surface area contributed by atoms with Gasteiger partial charge in [0.05, 0.1) is 11.2 Å². The van der Waals surface area contributed by atoms with Gasteiger partial charge in [-0.05, 0) is 66.1 Å². The van der Waals surface area contributed by atoms with Crippen molar-refractivity contribution in [2.45, 2.75) is 65.2 Å². The lowest BCUT2D eigenvalue weighted by Gasteiger charge is -2.32. The monoisotopic (exact) mass is 377 g/mol.